The van der Waals surface area contributed by atoms with Crippen molar-refractivity contribution < 1.29 is 14.0 Å². The lowest BCUT2D eigenvalue weighted by molar-refractivity contribution is -0.125. The number of piperidine rings is 1. The van der Waals surface area contributed by atoms with Gasteiger partial charge in [0, 0.05) is 0 Å². The van der Waals surface area contributed by atoms with Gasteiger partial charge >= 0.3 is 0 Å². The average molecular weight is 258 g/mol. The fraction of sp³-hybridized carbons (Fsp3) is 0.357. The van der Waals surface area contributed by atoms with E-state index >= 15 is 0 Å². The van der Waals surface area contributed by atoms with Gasteiger partial charge in [-0.3, -0.25) is 9.59 Å². The number of amides is 2. The average Bonchev–Trinajstić information content (AvgIpc) is 2.80. The minimum absolute atomic E-state index is 0.0560. The van der Waals surface area contributed by atoms with Crippen LogP contribution in [0, 0.1) is 34.4 Å². The lowest BCUT2D eigenvalue weighted by atomic mass is 10.0. The second-order valence-corrected chi connectivity index (χ2v) is 5.53. The number of carbonyl (C=O) groups is 2. The molecule has 1 aliphatic heterocycles. The van der Waals surface area contributed by atoms with Crippen LogP contribution in [-0.2, 0) is 9.59 Å². The van der Waals surface area contributed by atoms with Crippen LogP contribution < -0.4 is 4.90 Å². The highest BCUT2D eigenvalue weighted by molar-refractivity contribution is 6.26. The number of imide groups is 1. The zero-order valence-electron chi connectivity index (χ0n) is 10.5. The summed E-state index contributed by atoms with van der Waals surface area (Å²) in [4.78, 5) is 25.4. The van der Waals surface area contributed by atoms with E-state index < -0.39 is 5.82 Å². The first kappa shape index (κ1) is 11.8. The molecule has 1 saturated carbocycles. The van der Waals surface area contributed by atoms with Gasteiger partial charge in [-0.15, -0.1) is 0 Å². The molecule has 0 N–H and O–H groups in total. The molecule has 5 heteroatoms. The van der Waals surface area contributed by atoms with Crippen LogP contribution in [0.3, 0.4) is 0 Å². The Morgan fingerprint density at radius 1 is 1.26 bits per heavy atom. The van der Waals surface area contributed by atoms with E-state index in [1.807, 2.05) is 13.8 Å². The van der Waals surface area contributed by atoms with Crippen LogP contribution >= 0.6 is 0 Å². The molecular formula is C14H11FN2O2. The maximum absolute atomic E-state index is 13.5. The predicted molar refractivity (Wildman–Crippen MR) is 64.4 cm³/mol. The largest absolute Gasteiger partial charge is 0.274 e. The van der Waals surface area contributed by atoms with Crippen molar-refractivity contribution >= 4 is 17.5 Å². The highest BCUT2D eigenvalue weighted by Crippen LogP contribution is 2.63. The Morgan fingerprint density at radius 3 is 2.37 bits per heavy atom. The van der Waals surface area contributed by atoms with Gasteiger partial charge < -0.3 is 0 Å². The summed E-state index contributed by atoms with van der Waals surface area (Å²) in [7, 11) is 0. The molecular weight excluding hydrogens is 247 g/mol. The van der Waals surface area contributed by atoms with Crippen molar-refractivity contribution in [2.45, 2.75) is 13.8 Å². The fourth-order valence-corrected chi connectivity index (χ4v) is 2.99. The van der Waals surface area contributed by atoms with E-state index in [1.165, 1.54) is 12.1 Å². The summed E-state index contributed by atoms with van der Waals surface area (Å²) >= 11 is 0. The fourth-order valence-electron chi connectivity index (χ4n) is 2.99. The van der Waals surface area contributed by atoms with E-state index in [2.05, 4.69) is 0 Å². The van der Waals surface area contributed by atoms with E-state index in [1.54, 1.807) is 6.07 Å². The number of nitrogens with zero attached hydrogens (tertiary/aromatic N) is 2. The molecule has 4 nitrogen and oxygen atoms in total. The quantitative estimate of drug-likeness (QED) is 0.722. The number of carbonyl (C=O) groups excluding carboxylic acids is 2. The van der Waals surface area contributed by atoms with E-state index in [4.69, 9.17) is 5.26 Å². The SMILES string of the molecule is CC1(C)C2C(=O)N(c3cccc(F)c3C#N)C(=O)C21. The van der Waals surface area contributed by atoms with E-state index in [9.17, 15) is 14.0 Å². The van der Waals surface area contributed by atoms with Crippen LogP contribution in [0.1, 0.15) is 19.4 Å². The number of hydrogen-bond donors (Lipinski definition) is 0. The minimum Gasteiger partial charge on any atom is -0.274 e. The molecule has 1 aromatic rings. The van der Waals surface area contributed by atoms with Crippen molar-refractivity contribution in [2.75, 3.05) is 4.90 Å². The monoisotopic (exact) mass is 258 g/mol. The summed E-state index contributed by atoms with van der Waals surface area (Å²) in [6.07, 6.45) is 0. The van der Waals surface area contributed by atoms with Crippen molar-refractivity contribution in [3.63, 3.8) is 0 Å². The molecule has 2 aliphatic rings. The number of nitriles is 1. The summed E-state index contributed by atoms with van der Waals surface area (Å²) < 4.78 is 13.5. The standard InChI is InChI=1S/C14H11FN2O2/c1-14(2)10-11(14)13(19)17(12(10)18)9-5-3-4-8(15)7(9)6-16/h3-5,10-11H,1-2H3. The van der Waals surface area contributed by atoms with E-state index in [-0.39, 0.29) is 40.3 Å². The highest BCUT2D eigenvalue weighted by atomic mass is 19.1. The predicted octanol–water partition coefficient (Wildman–Crippen LogP) is 1.84. The number of rotatable bonds is 1. The maximum atomic E-state index is 13.5. The van der Waals surface area contributed by atoms with Crippen LogP contribution in [0.5, 0.6) is 0 Å². The van der Waals surface area contributed by atoms with Gasteiger partial charge in [-0.05, 0) is 17.5 Å². The van der Waals surface area contributed by atoms with Crippen LogP contribution in [0.2, 0.25) is 0 Å². The third kappa shape index (κ3) is 1.31. The van der Waals surface area contributed by atoms with Gasteiger partial charge in [-0.1, -0.05) is 19.9 Å². The summed E-state index contributed by atoms with van der Waals surface area (Å²) in [5, 5.41) is 8.97. The topological polar surface area (TPSA) is 61.2 Å². The number of anilines is 1. The second-order valence-electron chi connectivity index (χ2n) is 5.53. The van der Waals surface area contributed by atoms with Gasteiger partial charge in [-0.25, -0.2) is 9.29 Å². The van der Waals surface area contributed by atoms with E-state index in [0.29, 0.717) is 0 Å². The molecule has 3 rings (SSSR count). The van der Waals surface area contributed by atoms with Crippen molar-refractivity contribution in [3.05, 3.63) is 29.6 Å². The van der Waals surface area contributed by atoms with Gasteiger partial charge in [0.1, 0.15) is 17.4 Å². The summed E-state index contributed by atoms with van der Waals surface area (Å²) in [5.41, 5.74) is -0.519. The third-order valence-electron chi connectivity index (χ3n) is 4.14. The normalized spacial score (nSPS) is 27.2. The summed E-state index contributed by atoms with van der Waals surface area (Å²) in [5.74, 6) is -2.06. The second kappa shape index (κ2) is 3.41. The molecule has 1 heterocycles. The van der Waals surface area contributed by atoms with Crippen LogP contribution in [0.25, 0.3) is 0 Å². The lowest BCUT2D eigenvalue weighted by Crippen LogP contribution is -2.36. The Bertz CT molecular complexity index is 636. The molecule has 0 radical (unpaired) electrons. The van der Waals surface area contributed by atoms with Crippen molar-refractivity contribution in [1.82, 2.24) is 0 Å². The van der Waals surface area contributed by atoms with Crippen LogP contribution in [-0.4, -0.2) is 11.8 Å². The first-order chi connectivity index (χ1) is 8.91. The van der Waals surface area contributed by atoms with Crippen molar-refractivity contribution in [2.24, 2.45) is 17.3 Å². The molecule has 1 aromatic carbocycles. The van der Waals surface area contributed by atoms with Crippen LogP contribution in [0.4, 0.5) is 10.1 Å². The lowest BCUT2D eigenvalue weighted by Gasteiger charge is -2.21. The Kier molecular flexibility index (Phi) is 2.13. The van der Waals surface area contributed by atoms with Gasteiger partial charge in [-0.2, -0.15) is 5.26 Å². The third-order valence-corrected chi connectivity index (χ3v) is 4.14. The molecule has 0 bridgehead atoms. The summed E-state index contributed by atoms with van der Waals surface area (Å²) in [6.45, 7) is 3.73. The maximum Gasteiger partial charge on any atom is 0.238 e. The molecule has 2 atom stereocenters. The number of benzene rings is 1. The molecule has 1 saturated heterocycles. The Hall–Kier alpha value is -2.22. The molecule has 2 amide bonds. The molecule has 19 heavy (non-hydrogen) atoms. The Labute approximate surface area is 109 Å². The van der Waals surface area contributed by atoms with Gasteiger partial charge in [0.15, 0.2) is 0 Å². The van der Waals surface area contributed by atoms with Crippen LogP contribution in [0.15, 0.2) is 18.2 Å². The van der Waals surface area contributed by atoms with Crippen molar-refractivity contribution in [1.29, 1.82) is 5.26 Å². The smallest absolute Gasteiger partial charge is 0.238 e. The number of hydrogen-bond acceptors (Lipinski definition) is 3. The first-order valence-electron chi connectivity index (χ1n) is 5.97. The molecule has 0 spiro atoms. The molecule has 2 fully saturated rings. The van der Waals surface area contributed by atoms with Gasteiger partial charge in [0.2, 0.25) is 11.8 Å². The number of fused-ring (bicyclic) bond motifs is 1. The molecule has 2 unspecified atom stereocenters. The first-order valence-corrected chi connectivity index (χ1v) is 5.97. The number of halogens is 1. The highest BCUT2D eigenvalue weighted by Gasteiger charge is 2.72. The Balaban J connectivity index is 2.08. The molecule has 0 aromatic heterocycles. The zero-order valence-corrected chi connectivity index (χ0v) is 10.5. The van der Waals surface area contributed by atoms with Gasteiger partial charge in [0.05, 0.1) is 17.5 Å². The van der Waals surface area contributed by atoms with Crippen molar-refractivity contribution in [3.8, 4) is 6.07 Å². The summed E-state index contributed by atoms with van der Waals surface area (Å²) in [6, 6.07) is 5.66. The zero-order chi connectivity index (χ0) is 13.9. The molecule has 1 aliphatic carbocycles. The van der Waals surface area contributed by atoms with E-state index in [0.717, 1.165) is 11.0 Å². The van der Waals surface area contributed by atoms with Gasteiger partial charge in [0.25, 0.3) is 0 Å². The minimum atomic E-state index is -0.722. The Morgan fingerprint density at radius 2 is 1.84 bits per heavy atom. The molecule has 96 valence electrons.